The van der Waals surface area contributed by atoms with Gasteiger partial charge in [-0.05, 0) is 18.8 Å². The summed E-state index contributed by atoms with van der Waals surface area (Å²) in [5.41, 5.74) is 6.27. The number of carbonyl (C=O) groups is 1. The summed E-state index contributed by atoms with van der Waals surface area (Å²) in [6.45, 7) is 2.27. The van der Waals surface area contributed by atoms with E-state index in [1.165, 1.54) is 10.9 Å². The first-order chi connectivity index (χ1) is 8.59. The minimum absolute atomic E-state index is 0.0776. The summed E-state index contributed by atoms with van der Waals surface area (Å²) < 4.78 is 6.92. The van der Waals surface area contributed by atoms with E-state index in [9.17, 15) is 4.79 Å². The lowest BCUT2D eigenvalue weighted by Gasteiger charge is -2.27. The Morgan fingerprint density at radius 3 is 3.06 bits per heavy atom. The number of rotatable bonds is 3. The number of amides is 1. The zero-order chi connectivity index (χ0) is 13.1. The van der Waals surface area contributed by atoms with Crippen molar-refractivity contribution < 1.29 is 9.53 Å². The molecule has 1 amide bonds. The molecular weight excluding hydrogens is 232 g/mol. The number of ether oxygens (including phenoxy) is 1. The van der Waals surface area contributed by atoms with Gasteiger partial charge >= 0.3 is 0 Å². The SMILES string of the molecule is CN(CC1CCCOC1)C(=O)c1cnn(C)c1N. The Labute approximate surface area is 107 Å². The monoisotopic (exact) mass is 252 g/mol. The number of hydrogen-bond donors (Lipinski definition) is 1. The molecular formula is C12H20N4O2. The number of aromatic nitrogens is 2. The van der Waals surface area contributed by atoms with Gasteiger partial charge < -0.3 is 15.4 Å². The van der Waals surface area contributed by atoms with Gasteiger partial charge in [0, 0.05) is 27.2 Å². The zero-order valence-corrected chi connectivity index (χ0v) is 10.9. The largest absolute Gasteiger partial charge is 0.383 e. The van der Waals surface area contributed by atoms with Crippen molar-refractivity contribution in [2.24, 2.45) is 13.0 Å². The molecule has 0 bridgehead atoms. The average molecular weight is 252 g/mol. The number of aryl methyl sites for hydroxylation is 1. The second-order valence-corrected chi connectivity index (χ2v) is 4.84. The summed E-state index contributed by atoms with van der Waals surface area (Å²) in [4.78, 5) is 13.9. The molecule has 0 saturated carbocycles. The molecule has 2 rings (SSSR count). The van der Waals surface area contributed by atoms with Crippen LogP contribution in [0.2, 0.25) is 0 Å². The Morgan fingerprint density at radius 1 is 1.72 bits per heavy atom. The number of nitrogens with zero attached hydrogens (tertiary/aromatic N) is 3. The van der Waals surface area contributed by atoms with Crippen LogP contribution in [0.25, 0.3) is 0 Å². The summed E-state index contributed by atoms with van der Waals surface area (Å²) in [5.74, 6) is 0.753. The molecule has 0 radical (unpaired) electrons. The van der Waals surface area contributed by atoms with Gasteiger partial charge in [-0.1, -0.05) is 0 Å². The van der Waals surface area contributed by atoms with E-state index in [1.54, 1.807) is 19.0 Å². The number of nitrogen functional groups attached to an aromatic ring is 1. The van der Waals surface area contributed by atoms with Crippen LogP contribution in [0.3, 0.4) is 0 Å². The van der Waals surface area contributed by atoms with Gasteiger partial charge in [-0.15, -0.1) is 0 Å². The van der Waals surface area contributed by atoms with Crippen molar-refractivity contribution in [3.05, 3.63) is 11.8 Å². The fourth-order valence-electron chi connectivity index (χ4n) is 2.24. The van der Waals surface area contributed by atoms with E-state index in [-0.39, 0.29) is 5.91 Å². The van der Waals surface area contributed by atoms with Crippen LogP contribution in [0, 0.1) is 5.92 Å². The second kappa shape index (κ2) is 5.39. The Morgan fingerprint density at radius 2 is 2.50 bits per heavy atom. The molecule has 1 aromatic heterocycles. The topological polar surface area (TPSA) is 73.4 Å². The van der Waals surface area contributed by atoms with Gasteiger partial charge in [-0.2, -0.15) is 5.10 Å². The molecule has 1 saturated heterocycles. The minimum atomic E-state index is -0.0776. The van der Waals surface area contributed by atoms with E-state index in [0.29, 0.717) is 23.8 Å². The first-order valence-corrected chi connectivity index (χ1v) is 6.20. The smallest absolute Gasteiger partial charge is 0.258 e. The molecule has 6 heteroatoms. The number of hydrogen-bond acceptors (Lipinski definition) is 4. The van der Waals surface area contributed by atoms with E-state index >= 15 is 0 Å². The lowest BCUT2D eigenvalue weighted by atomic mass is 10.0. The first kappa shape index (κ1) is 12.9. The van der Waals surface area contributed by atoms with Crippen molar-refractivity contribution >= 4 is 11.7 Å². The molecule has 6 nitrogen and oxygen atoms in total. The maximum absolute atomic E-state index is 12.2. The fourth-order valence-corrected chi connectivity index (χ4v) is 2.24. The lowest BCUT2D eigenvalue weighted by Crippen LogP contribution is -2.35. The molecule has 1 aromatic rings. The number of anilines is 1. The highest BCUT2D eigenvalue weighted by molar-refractivity contribution is 5.98. The molecule has 1 atom stereocenters. The molecule has 0 aromatic carbocycles. The average Bonchev–Trinajstić information content (AvgIpc) is 2.70. The quantitative estimate of drug-likeness (QED) is 0.850. The normalized spacial score (nSPS) is 19.8. The molecule has 1 aliphatic heterocycles. The van der Waals surface area contributed by atoms with Crippen LogP contribution in [-0.4, -0.2) is 47.4 Å². The number of nitrogens with two attached hydrogens (primary N) is 1. The van der Waals surface area contributed by atoms with Crippen LogP contribution >= 0.6 is 0 Å². The predicted octanol–water partition coefficient (Wildman–Crippen LogP) is 0.501. The Kier molecular flexibility index (Phi) is 3.86. The van der Waals surface area contributed by atoms with E-state index in [1.807, 2.05) is 0 Å². The van der Waals surface area contributed by atoms with Crippen molar-refractivity contribution in [3.63, 3.8) is 0 Å². The van der Waals surface area contributed by atoms with Gasteiger partial charge in [0.2, 0.25) is 0 Å². The Bertz CT molecular complexity index is 424. The molecule has 0 spiro atoms. The molecule has 1 aliphatic rings. The van der Waals surface area contributed by atoms with Crippen LogP contribution in [-0.2, 0) is 11.8 Å². The second-order valence-electron chi connectivity index (χ2n) is 4.84. The molecule has 1 unspecified atom stereocenters. The predicted molar refractivity (Wildman–Crippen MR) is 68.1 cm³/mol. The highest BCUT2D eigenvalue weighted by Gasteiger charge is 2.22. The maximum atomic E-state index is 12.2. The highest BCUT2D eigenvalue weighted by Crippen LogP contribution is 2.17. The Balaban J connectivity index is 1.98. The Hall–Kier alpha value is -1.56. The minimum Gasteiger partial charge on any atom is -0.383 e. The first-order valence-electron chi connectivity index (χ1n) is 6.20. The van der Waals surface area contributed by atoms with Crippen molar-refractivity contribution in [1.82, 2.24) is 14.7 Å². The standard InChI is InChI=1S/C12H20N4O2/c1-15(7-9-4-3-5-18-8-9)12(17)10-6-14-16(2)11(10)13/h6,9H,3-5,7-8,13H2,1-2H3. The van der Waals surface area contributed by atoms with Crippen LogP contribution < -0.4 is 5.73 Å². The van der Waals surface area contributed by atoms with Crippen LogP contribution in [0.4, 0.5) is 5.82 Å². The number of carbonyl (C=O) groups excluding carboxylic acids is 1. The van der Waals surface area contributed by atoms with Gasteiger partial charge in [0.25, 0.3) is 5.91 Å². The van der Waals surface area contributed by atoms with Crippen molar-refractivity contribution in [3.8, 4) is 0 Å². The molecule has 2 heterocycles. The third-order valence-corrected chi connectivity index (χ3v) is 3.35. The maximum Gasteiger partial charge on any atom is 0.258 e. The van der Waals surface area contributed by atoms with Crippen LogP contribution in [0.15, 0.2) is 6.20 Å². The van der Waals surface area contributed by atoms with Gasteiger partial charge in [-0.25, -0.2) is 0 Å². The molecule has 0 aliphatic carbocycles. The molecule has 1 fully saturated rings. The summed E-state index contributed by atoms with van der Waals surface area (Å²) in [6.07, 6.45) is 3.70. The summed E-state index contributed by atoms with van der Waals surface area (Å²) >= 11 is 0. The third-order valence-electron chi connectivity index (χ3n) is 3.35. The van der Waals surface area contributed by atoms with Crippen molar-refractivity contribution in [2.45, 2.75) is 12.8 Å². The molecule has 2 N–H and O–H groups in total. The van der Waals surface area contributed by atoms with Gasteiger partial charge in [0.15, 0.2) is 0 Å². The zero-order valence-electron chi connectivity index (χ0n) is 10.9. The fraction of sp³-hybridized carbons (Fsp3) is 0.667. The van der Waals surface area contributed by atoms with Crippen molar-refractivity contribution in [1.29, 1.82) is 0 Å². The van der Waals surface area contributed by atoms with Gasteiger partial charge in [-0.3, -0.25) is 9.48 Å². The summed E-state index contributed by atoms with van der Waals surface area (Å²) in [7, 11) is 3.52. The lowest BCUT2D eigenvalue weighted by molar-refractivity contribution is 0.0389. The summed E-state index contributed by atoms with van der Waals surface area (Å²) in [5, 5.41) is 3.99. The van der Waals surface area contributed by atoms with Gasteiger partial charge in [0.05, 0.1) is 12.8 Å². The van der Waals surface area contributed by atoms with Gasteiger partial charge in [0.1, 0.15) is 11.4 Å². The molecule has 100 valence electrons. The van der Waals surface area contributed by atoms with Crippen LogP contribution in [0.5, 0.6) is 0 Å². The van der Waals surface area contributed by atoms with E-state index < -0.39 is 0 Å². The van der Waals surface area contributed by atoms with E-state index in [0.717, 1.165) is 26.1 Å². The molecule has 18 heavy (non-hydrogen) atoms. The van der Waals surface area contributed by atoms with Crippen LogP contribution in [0.1, 0.15) is 23.2 Å². The van der Waals surface area contributed by atoms with E-state index in [4.69, 9.17) is 10.5 Å². The van der Waals surface area contributed by atoms with Crippen molar-refractivity contribution in [2.75, 3.05) is 32.5 Å². The third kappa shape index (κ3) is 2.64. The summed E-state index contributed by atoms with van der Waals surface area (Å²) in [6, 6.07) is 0. The highest BCUT2D eigenvalue weighted by atomic mass is 16.5. The van der Waals surface area contributed by atoms with E-state index in [2.05, 4.69) is 5.10 Å².